The minimum Gasteiger partial charge on any atom is -0.378 e. The van der Waals surface area contributed by atoms with Crippen LogP contribution in [0, 0.1) is 0 Å². The molecule has 1 heterocycles. The normalized spacial score (nSPS) is 26.5. The van der Waals surface area contributed by atoms with Crippen LogP contribution in [0.4, 0.5) is 0 Å². The summed E-state index contributed by atoms with van der Waals surface area (Å²) in [6.45, 7) is 2.65. The van der Waals surface area contributed by atoms with E-state index in [1.165, 1.54) is 18.4 Å². The molecule has 15 heavy (non-hydrogen) atoms. The third-order valence-electron chi connectivity index (χ3n) is 3.31. The zero-order valence-electron chi connectivity index (χ0n) is 8.91. The lowest BCUT2D eigenvalue weighted by atomic mass is 9.97. The van der Waals surface area contributed by atoms with Crippen LogP contribution < -0.4 is 5.32 Å². The molecule has 0 aromatic heterocycles. The van der Waals surface area contributed by atoms with E-state index in [2.05, 4.69) is 29.6 Å². The molecule has 1 aliphatic heterocycles. The van der Waals surface area contributed by atoms with Gasteiger partial charge in [-0.2, -0.15) is 0 Å². The van der Waals surface area contributed by atoms with Crippen molar-refractivity contribution in [1.82, 2.24) is 5.32 Å². The third-order valence-corrected chi connectivity index (χ3v) is 3.31. The lowest BCUT2D eigenvalue weighted by Gasteiger charge is -2.26. The van der Waals surface area contributed by atoms with Crippen molar-refractivity contribution in [3.05, 3.63) is 35.4 Å². The smallest absolute Gasteiger partial charge is 0.0662 e. The number of benzene rings is 1. The first-order chi connectivity index (χ1) is 7.45. The van der Waals surface area contributed by atoms with E-state index in [4.69, 9.17) is 4.74 Å². The van der Waals surface area contributed by atoms with Gasteiger partial charge in [0.25, 0.3) is 0 Å². The Labute approximate surface area is 90.6 Å². The Balaban J connectivity index is 1.88. The molecule has 0 bridgehead atoms. The molecule has 0 amide bonds. The largest absolute Gasteiger partial charge is 0.378 e. The predicted molar refractivity (Wildman–Crippen MR) is 60.0 cm³/mol. The van der Waals surface area contributed by atoms with Crippen molar-refractivity contribution in [2.45, 2.75) is 24.8 Å². The number of hydrogen-bond acceptors (Lipinski definition) is 2. The number of hydrogen-bond donors (Lipinski definition) is 1. The molecule has 3 rings (SSSR count). The van der Waals surface area contributed by atoms with E-state index in [-0.39, 0.29) is 0 Å². The summed E-state index contributed by atoms with van der Waals surface area (Å²) in [7, 11) is 0. The molecular formula is C13H17NO. The Morgan fingerprint density at radius 1 is 1.13 bits per heavy atom. The van der Waals surface area contributed by atoms with E-state index in [0.29, 0.717) is 6.04 Å². The van der Waals surface area contributed by atoms with Gasteiger partial charge in [-0.3, -0.25) is 0 Å². The summed E-state index contributed by atoms with van der Waals surface area (Å²) in [6, 6.07) is 9.23. The van der Waals surface area contributed by atoms with Crippen LogP contribution in [0.25, 0.3) is 0 Å². The van der Waals surface area contributed by atoms with Gasteiger partial charge in [0.1, 0.15) is 0 Å². The molecule has 1 saturated carbocycles. The molecule has 2 heteroatoms. The van der Waals surface area contributed by atoms with Gasteiger partial charge in [-0.05, 0) is 29.9 Å². The average molecular weight is 203 g/mol. The van der Waals surface area contributed by atoms with E-state index < -0.39 is 0 Å². The van der Waals surface area contributed by atoms with Crippen LogP contribution in [0.3, 0.4) is 0 Å². The van der Waals surface area contributed by atoms with Crippen molar-refractivity contribution in [1.29, 1.82) is 0 Å². The van der Waals surface area contributed by atoms with E-state index in [1.807, 2.05) is 0 Å². The van der Waals surface area contributed by atoms with Crippen molar-refractivity contribution in [2.24, 2.45) is 0 Å². The molecular weight excluding hydrogens is 186 g/mol. The maximum Gasteiger partial charge on any atom is 0.0662 e. The van der Waals surface area contributed by atoms with Gasteiger partial charge in [0, 0.05) is 6.54 Å². The summed E-state index contributed by atoms with van der Waals surface area (Å²) in [6.07, 6.45) is 2.73. The summed E-state index contributed by atoms with van der Waals surface area (Å²) in [5.41, 5.74) is 3.00. The first-order valence-electron chi connectivity index (χ1n) is 5.85. The number of rotatable bonds is 2. The molecule has 1 N–H and O–H groups in total. The highest BCUT2D eigenvalue weighted by Gasteiger charge is 2.28. The first kappa shape index (κ1) is 9.37. The minimum absolute atomic E-state index is 0.413. The van der Waals surface area contributed by atoms with Gasteiger partial charge in [0.05, 0.1) is 19.3 Å². The van der Waals surface area contributed by atoms with Crippen molar-refractivity contribution < 1.29 is 4.74 Å². The highest BCUT2D eigenvalue weighted by molar-refractivity contribution is 5.35. The van der Waals surface area contributed by atoms with Crippen LogP contribution in [0.2, 0.25) is 0 Å². The fraction of sp³-hybridized carbons (Fsp3) is 0.538. The van der Waals surface area contributed by atoms with Crippen molar-refractivity contribution in [3.8, 4) is 0 Å². The van der Waals surface area contributed by atoms with Crippen LogP contribution in [-0.2, 0) is 4.74 Å². The minimum atomic E-state index is 0.413. The highest BCUT2D eigenvalue weighted by atomic mass is 16.5. The van der Waals surface area contributed by atoms with Crippen LogP contribution >= 0.6 is 0 Å². The zero-order valence-corrected chi connectivity index (χ0v) is 8.91. The summed E-state index contributed by atoms with van der Waals surface area (Å²) in [5, 5.41) is 3.53. The fourth-order valence-electron chi connectivity index (χ4n) is 2.36. The molecule has 2 nitrogen and oxygen atoms in total. The lowest BCUT2D eigenvalue weighted by Crippen LogP contribution is -2.35. The molecule has 80 valence electrons. The van der Waals surface area contributed by atoms with Crippen LogP contribution in [0.5, 0.6) is 0 Å². The molecule has 1 aliphatic carbocycles. The zero-order chi connectivity index (χ0) is 10.1. The quantitative estimate of drug-likeness (QED) is 0.795. The van der Waals surface area contributed by atoms with Crippen molar-refractivity contribution in [2.75, 3.05) is 19.8 Å². The molecule has 1 saturated heterocycles. The molecule has 1 atom stereocenters. The van der Waals surface area contributed by atoms with E-state index in [0.717, 1.165) is 25.7 Å². The Kier molecular flexibility index (Phi) is 2.47. The Hall–Kier alpha value is -0.860. The van der Waals surface area contributed by atoms with E-state index in [1.54, 1.807) is 5.56 Å². The molecule has 1 aromatic carbocycles. The predicted octanol–water partition coefficient (Wildman–Crippen LogP) is 2.22. The van der Waals surface area contributed by atoms with E-state index in [9.17, 15) is 0 Å². The average Bonchev–Trinajstić information content (AvgIpc) is 3.14. The van der Waals surface area contributed by atoms with Gasteiger partial charge < -0.3 is 10.1 Å². The SMILES string of the molecule is c1ccc(C2COCCN2)c(C2CC2)c1. The van der Waals surface area contributed by atoms with Crippen LogP contribution in [0.15, 0.2) is 24.3 Å². The number of morpholine rings is 1. The second kappa shape index (κ2) is 3.95. The van der Waals surface area contributed by atoms with Crippen LogP contribution in [-0.4, -0.2) is 19.8 Å². The van der Waals surface area contributed by atoms with Crippen molar-refractivity contribution in [3.63, 3.8) is 0 Å². The number of ether oxygens (including phenoxy) is 1. The fourth-order valence-corrected chi connectivity index (χ4v) is 2.36. The van der Waals surface area contributed by atoms with Gasteiger partial charge >= 0.3 is 0 Å². The Bertz CT molecular complexity index is 340. The molecule has 2 fully saturated rings. The highest BCUT2D eigenvalue weighted by Crippen LogP contribution is 2.43. The lowest BCUT2D eigenvalue weighted by molar-refractivity contribution is 0.0766. The summed E-state index contributed by atoms with van der Waals surface area (Å²) in [5.74, 6) is 0.824. The molecule has 2 aliphatic rings. The monoisotopic (exact) mass is 203 g/mol. The first-order valence-corrected chi connectivity index (χ1v) is 5.85. The maximum atomic E-state index is 5.53. The third kappa shape index (κ3) is 1.92. The summed E-state index contributed by atoms with van der Waals surface area (Å²) >= 11 is 0. The Morgan fingerprint density at radius 3 is 2.60 bits per heavy atom. The second-order valence-corrected chi connectivity index (χ2v) is 4.48. The topological polar surface area (TPSA) is 21.3 Å². The van der Waals surface area contributed by atoms with E-state index >= 15 is 0 Å². The van der Waals surface area contributed by atoms with Crippen LogP contribution in [0.1, 0.15) is 35.9 Å². The van der Waals surface area contributed by atoms with Gasteiger partial charge in [0.2, 0.25) is 0 Å². The summed E-state index contributed by atoms with van der Waals surface area (Å²) in [4.78, 5) is 0. The Morgan fingerprint density at radius 2 is 1.93 bits per heavy atom. The van der Waals surface area contributed by atoms with Crippen molar-refractivity contribution >= 4 is 0 Å². The van der Waals surface area contributed by atoms with Gasteiger partial charge in [-0.15, -0.1) is 0 Å². The van der Waals surface area contributed by atoms with Gasteiger partial charge in [0.15, 0.2) is 0 Å². The molecule has 1 aromatic rings. The molecule has 0 radical (unpaired) electrons. The summed E-state index contributed by atoms with van der Waals surface area (Å²) < 4.78 is 5.53. The van der Waals surface area contributed by atoms with Gasteiger partial charge in [-0.1, -0.05) is 24.3 Å². The maximum absolute atomic E-state index is 5.53. The molecule has 1 unspecified atom stereocenters. The van der Waals surface area contributed by atoms with Gasteiger partial charge in [-0.25, -0.2) is 0 Å². The number of nitrogens with one attached hydrogen (secondary N) is 1. The molecule has 0 spiro atoms. The second-order valence-electron chi connectivity index (χ2n) is 4.48. The standard InChI is InChI=1S/C13H17NO/c1-2-4-12(11(3-1)10-5-6-10)13-9-15-8-7-14-13/h1-4,10,13-14H,5-9H2.